The van der Waals surface area contributed by atoms with Crippen molar-refractivity contribution in [1.82, 2.24) is 20.2 Å². The van der Waals surface area contributed by atoms with E-state index >= 15 is 0 Å². The fourth-order valence-corrected chi connectivity index (χ4v) is 4.67. The first-order valence-corrected chi connectivity index (χ1v) is 10.9. The van der Waals surface area contributed by atoms with E-state index in [1.807, 2.05) is 43.5 Å². The predicted octanol–water partition coefficient (Wildman–Crippen LogP) is 3.70. The van der Waals surface area contributed by atoms with E-state index in [9.17, 15) is 4.79 Å². The lowest BCUT2D eigenvalue weighted by atomic mass is 9.94. The lowest BCUT2D eigenvalue weighted by molar-refractivity contribution is 0.0903. The fourth-order valence-electron chi connectivity index (χ4n) is 3.96. The highest BCUT2D eigenvalue weighted by Gasteiger charge is 2.28. The highest BCUT2D eigenvalue weighted by Crippen LogP contribution is 2.31. The molecular weight excluding hydrogens is 394 g/mol. The third kappa shape index (κ3) is 4.40. The number of carbonyl (C=O) groups excluding carboxylic acids is 1. The number of carbonyl (C=O) groups is 1. The van der Waals surface area contributed by atoms with Crippen LogP contribution in [0.5, 0.6) is 0 Å². The number of amides is 1. The molecular formula is C23H23N5OS. The largest absolute Gasteiger partial charge is 0.348 e. The van der Waals surface area contributed by atoms with Crippen LogP contribution in [-0.4, -0.2) is 39.9 Å². The van der Waals surface area contributed by atoms with Crippen molar-refractivity contribution in [2.45, 2.75) is 31.8 Å². The van der Waals surface area contributed by atoms with E-state index < -0.39 is 0 Å². The molecule has 1 amide bonds. The van der Waals surface area contributed by atoms with E-state index in [4.69, 9.17) is 5.26 Å². The fraction of sp³-hybridized carbons (Fsp3) is 0.304. The zero-order valence-corrected chi connectivity index (χ0v) is 17.6. The Labute approximate surface area is 180 Å². The molecule has 1 N–H and O–H groups in total. The van der Waals surface area contributed by atoms with Crippen LogP contribution in [0.15, 0.2) is 54.3 Å². The van der Waals surface area contributed by atoms with E-state index in [1.165, 1.54) is 11.3 Å². The highest BCUT2D eigenvalue weighted by molar-refractivity contribution is 7.11. The number of nitrogens with one attached hydrogen (secondary N) is 1. The minimum Gasteiger partial charge on any atom is -0.348 e. The molecule has 1 aliphatic rings. The van der Waals surface area contributed by atoms with Crippen molar-refractivity contribution in [3.8, 4) is 6.07 Å². The summed E-state index contributed by atoms with van der Waals surface area (Å²) in [4.78, 5) is 24.1. The minimum absolute atomic E-state index is 0.0237. The number of rotatable bonds is 5. The van der Waals surface area contributed by atoms with Gasteiger partial charge in [-0.2, -0.15) is 5.26 Å². The second-order valence-electron chi connectivity index (χ2n) is 7.47. The third-order valence-electron chi connectivity index (χ3n) is 5.54. The molecule has 1 aliphatic heterocycles. The molecule has 1 atom stereocenters. The van der Waals surface area contributed by atoms with Gasteiger partial charge in [0, 0.05) is 31.5 Å². The molecule has 1 unspecified atom stereocenters. The van der Waals surface area contributed by atoms with Gasteiger partial charge in [0.1, 0.15) is 4.88 Å². The van der Waals surface area contributed by atoms with Gasteiger partial charge in [-0.05, 0) is 49.1 Å². The summed E-state index contributed by atoms with van der Waals surface area (Å²) in [6.07, 6.45) is 5.46. The first kappa shape index (κ1) is 20.2. The van der Waals surface area contributed by atoms with Crippen molar-refractivity contribution in [3.05, 3.63) is 81.6 Å². The van der Waals surface area contributed by atoms with Gasteiger partial charge in [0.25, 0.3) is 5.91 Å². The number of aromatic nitrogens is 2. The normalized spacial score (nSPS) is 16.0. The van der Waals surface area contributed by atoms with Crippen LogP contribution < -0.4 is 5.32 Å². The van der Waals surface area contributed by atoms with Crippen LogP contribution in [0.3, 0.4) is 0 Å². The van der Waals surface area contributed by atoms with Crippen molar-refractivity contribution in [2.75, 3.05) is 13.1 Å². The van der Waals surface area contributed by atoms with Gasteiger partial charge in [-0.3, -0.25) is 14.7 Å². The maximum absolute atomic E-state index is 12.5. The van der Waals surface area contributed by atoms with Crippen molar-refractivity contribution < 1.29 is 4.79 Å². The van der Waals surface area contributed by atoms with Crippen LogP contribution in [0.25, 0.3) is 0 Å². The van der Waals surface area contributed by atoms with Crippen LogP contribution in [0.1, 0.15) is 50.9 Å². The Balaban J connectivity index is 1.47. The summed E-state index contributed by atoms with van der Waals surface area (Å²) in [5.41, 5.74) is 5.42. The van der Waals surface area contributed by atoms with Gasteiger partial charge in [-0.15, -0.1) is 11.3 Å². The van der Waals surface area contributed by atoms with Crippen molar-refractivity contribution >= 4 is 17.2 Å². The van der Waals surface area contributed by atoms with E-state index in [0.717, 1.165) is 42.8 Å². The Hall–Kier alpha value is -3.08. The number of hydrogen-bond acceptors (Lipinski definition) is 6. The van der Waals surface area contributed by atoms with Crippen molar-refractivity contribution in [3.63, 3.8) is 0 Å². The summed E-state index contributed by atoms with van der Waals surface area (Å²) in [7, 11) is 0. The summed E-state index contributed by atoms with van der Waals surface area (Å²) in [6.45, 7) is 3.60. The number of likely N-dealkylation sites (tertiary alicyclic amines) is 1. The molecule has 1 fully saturated rings. The van der Waals surface area contributed by atoms with Gasteiger partial charge in [0.15, 0.2) is 0 Å². The quantitative estimate of drug-likeness (QED) is 0.684. The molecule has 3 heterocycles. The summed E-state index contributed by atoms with van der Waals surface area (Å²) in [5.74, 6) is -0.0237. The number of nitrogens with zero attached hydrogens (tertiary/aromatic N) is 4. The number of hydrogen-bond donors (Lipinski definition) is 1. The van der Waals surface area contributed by atoms with Crippen LogP contribution >= 0.6 is 11.3 Å². The number of aryl methyl sites for hydroxylation is 1. The summed E-state index contributed by atoms with van der Waals surface area (Å²) in [5, 5.41) is 12.3. The monoisotopic (exact) mass is 417 g/mol. The van der Waals surface area contributed by atoms with Gasteiger partial charge < -0.3 is 5.32 Å². The molecule has 6 nitrogen and oxygen atoms in total. The lowest BCUT2D eigenvalue weighted by Crippen LogP contribution is -2.45. The average Bonchev–Trinajstić information content (AvgIpc) is 3.22. The first-order valence-electron chi connectivity index (χ1n) is 10.0. The van der Waals surface area contributed by atoms with E-state index in [2.05, 4.69) is 32.3 Å². The Kier molecular flexibility index (Phi) is 6.17. The molecule has 0 saturated carbocycles. The Morgan fingerprint density at radius 2 is 2.00 bits per heavy atom. The SMILES string of the molecule is Cc1ncsc1C(=O)NC1CCN(C(c2ccc(C#N)cc2)c2cccnc2)CC1. The molecule has 2 aromatic heterocycles. The molecule has 3 aromatic rings. The van der Waals surface area contributed by atoms with Crippen LogP contribution in [-0.2, 0) is 0 Å². The third-order valence-corrected chi connectivity index (χ3v) is 6.46. The molecule has 0 aliphatic carbocycles. The van der Waals surface area contributed by atoms with Crippen LogP contribution in [0.4, 0.5) is 0 Å². The molecule has 7 heteroatoms. The van der Waals surface area contributed by atoms with Crippen molar-refractivity contribution in [2.24, 2.45) is 0 Å². The van der Waals surface area contributed by atoms with Crippen LogP contribution in [0.2, 0.25) is 0 Å². The molecule has 0 radical (unpaired) electrons. The van der Waals surface area contributed by atoms with Gasteiger partial charge >= 0.3 is 0 Å². The molecule has 30 heavy (non-hydrogen) atoms. The molecule has 0 bridgehead atoms. The van der Waals surface area contributed by atoms with Gasteiger partial charge in [0.05, 0.1) is 28.9 Å². The maximum Gasteiger partial charge on any atom is 0.263 e. The number of pyridine rings is 1. The van der Waals surface area contributed by atoms with Crippen molar-refractivity contribution in [1.29, 1.82) is 5.26 Å². The Bertz CT molecular complexity index is 1030. The number of nitriles is 1. The van der Waals surface area contributed by atoms with E-state index in [-0.39, 0.29) is 18.0 Å². The average molecular weight is 418 g/mol. The Morgan fingerprint density at radius 1 is 1.23 bits per heavy atom. The second-order valence-corrected chi connectivity index (χ2v) is 8.33. The Morgan fingerprint density at radius 3 is 2.60 bits per heavy atom. The topological polar surface area (TPSA) is 81.9 Å². The van der Waals surface area contributed by atoms with Gasteiger partial charge in [-0.1, -0.05) is 18.2 Å². The number of piperidine rings is 1. The molecule has 1 saturated heterocycles. The highest BCUT2D eigenvalue weighted by atomic mass is 32.1. The number of thiazole rings is 1. The summed E-state index contributed by atoms with van der Waals surface area (Å²) in [6, 6.07) is 14.2. The first-order chi connectivity index (χ1) is 14.7. The molecule has 4 rings (SSSR count). The summed E-state index contributed by atoms with van der Waals surface area (Å²) < 4.78 is 0. The smallest absolute Gasteiger partial charge is 0.263 e. The van der Waals surface area contributed by atoms with Gasteiger partial charge in [0.2, 0.25) is 0 Å². The zero-order valence-electron chi connectivity index (χ0n) is 16.8. The van der Waals surface area contributed by atoms with Gasteiger partial charge in [-0.25, -0.2) is 4.98 Å². The van der Waals surface area contributed by atoms with Crippen LogP contribution in [0, 0.1) is 18.3 Å². The predicted molar refractivity (Wildman–Crippen MR) is 116 cm³/mol. The van der Waals surface area contributed by atoms with E-state index in [1.54, 1.807) is 11.7 Å². The number of benzene rings is 1. The zero-order chi connectivity index (χ0) is 20.9. The summed E-state index contributed by atoms with van der Waals surface area (Å²) >= 11 is 1.39. The minimum atomic E-state index is -0.0237. The second kappa shape index (κ2) is 9.16. The van der Waals surface area contributed by atoms with E-state index in [0.29, 0.717) is 10.4 Å². The molecule has 152 valence electrons. The molecule has 1 aromatic carbocycles. The standard InChI is InChI=1S/C23H23N5OS/c1-16-22(30-15-26-16)23(29)27-20-8-11-28(12-9-20)21(19-3-2-10-25-14-19)18-6-4-17(13-24)5-7-18/h2-7,10,14-15,20-21H,8-9,11-12H2,1H3,(H,27,29). The lowest BCUT2D eigenvalue weighted by Gasteiger charge is -2.38. The molecule has 0 spiro atoms. The maximum atomic E-state index is 12.5.